The SMILES string of the molecule is O=C(c1c[nH]c2cccc(Br)c12)C1CC2CC2C1. The lowest BCUT2D eigenvalue weighted by molar-refractivity contribution is 0.0916. The topological polar surface area (TPSA) is 32.9 Å². The lowest BCUT2D eigenvalue weighted by Crippen LogP contribution is -2.12. The van der Waals surface area contributed by atoms with Gasteiger partial charge in [-0.15, -0.1) is 0 Å². The van der Waals surface area contributed by atoms with Gasteiger partial charge in [-0.2, -0.15) is 0 Å². The Morgan fingerprint density at radius 1 is 1.22 bits per heavy atom. The summed E-state index contributed by atoms with van der Waals surface area (Å²) in [6, 6.07) is 6.00. The highest BCUT2D eigenvalue weighted by Gasteiger charge is 2.48. The van der Waals surface area contributed by atoms with Gasteiger partial charge in [0.05, 0.1) is 0 Å². The van der Waals surface area contributed by atoms with E-state index in [1.165, 1.54) is 6.42 Å². The average Bonchev–Trinajstić information content (AvgIpc) is 2.81. The molecule has 2 fully saturated rings. The van der Waals surface area contributed by atoms with Crippen molar-refractivity contribution in [3.63, 3.8) is 0 Å². The molecule has 18 heavy (non-hydrogen) atoms. The van der Waals surface area contributed by atoms with Crippen LogP contribution in [0.5, 0.6) is 0 Å². The second-order valence-corrected chi connectivity index (χ2v) is 6.51. The van der Waals surface area contributed by atoms with Gasteiger partial charge in [0.15, 0.2) is 5.78 Å². The van der Waals surface area contributed by atoms with Crippen LogP contribution in [0.2, 0.25) is 0 Å². The van der Waals surface area contributed by atoms with Crippen LogP contribution in [-0.4, -0.2) is 10.8 Å². The van der Waals surface area contributed by atoms with E-state index >= 15 is 0 Å². The largest absolute Gasteiger partial charge is 0.360 e. The minimum atomic E-state index is 0.264. The number of hydrogen-bond acceptors (Lipinski definition) is 1. The zero-order valence-corrected chi connectivity index (χ0v) is 11.5. The minimum Gasteiger partial charge on any atom is -0.360 e. The van der Waals surface area contributed by atoms with Crippen molar-refractivity contribution in [1.82, 2.24) is 4.98 Å². The van der Waals surface area contributed by atoms with Crippen molar-refractivity contribution in [3.05, 3.63) is 34.4 Å². The van der Waals surface area contributed by atoms with Gasteiger partial charge in [0.2, 0.25) is 0 Å². The molecule has 4 rings (SSSR count). The third-order valence-electron chi connectivity index (χ3n) is 4.53. The number of Topliss-reactive ketones (excluding diaryl/α,β-unsaturated/α-hetero) is 1. The number of aromatic amines is 1. The summed E-state index contributed by atoms with van der Waals surface area (Å²) >= 11 is 3.55. The third-order valence-corrected chi connectivity index (χ3v) is 5.20. The van der Waals surface area contributed by atoms with Crippen molar-refractivity contribution in [3.8, 4) is 0 Å². The number of fused-ring (bicyclic) bond motifs is 2. The summed E-state index contributed by atoms with van der Waals surface area (Å²) in [7, 11) is 0. The van der Waals surface area contributed by atoms with Crippen molar-refractivity contribution in [2.24, 2.45) is 17.8 Å². The summed E-state index contributed by atoms with van der Waals surface area (Å²) < 4.78 is 1.01. The Hall–Kier alpha value is -1.09. The summed E-state index contributed by atoms with van der Waals surface area (Å²) in [6.07, 6.45) is 5.46. The van der Waals surface area contributed by atoms with Gasteiger partial charge in [0, 0.05) is 33.1 Å². The van der Waals surface area contributed by atoms with E-state index in [9.17, 15) is 4.79 Å². The molecule has 0 amide bonds. The Morgan fingerprint density at radius 3 is 2.78 bits per heavy atom. The molecule has 0 radical (unpaired) electrons. The number of benzene rings is 1. The minimum absolute atomic E-state index is 0.264. The zero-order chi connectivity index (χ0) is 12.3. The number of rotatable bonds is 2. The molecular formula is C15H14BrNO. The molecule has 2 aliphatic carbocycles. The summed E-state index contributed by atoms with van der Waals surface area (Å²) in [4.78, 5) is 15.8. The summed E-state index contributed by atoms with van der Waals surface area (Å²) in [5.74, 6) is 2.31. The number of aromatic nitrogens is 1. The van der Waals surface area contributed by atoms with Gasteiger partial charge in [-0.3, -0.25) is 4.79 Å². The molecule has 0 saturated heterocycles. The lowest BCUT2D eigenvalue weighted by Gasteiger charge is -2.09. The van der Waals surface area contributed by atoms with Crippen LogP contribution in [0, 0.1) is 17.8 Å². The number of hydrogen-bond donors (Lipinski definition) is 1. The highest BCUT2D eigenvalue weighted by atomic mass is 79.9. The molecule has 2 aliphatic rings. The molecule has 2 aromatic rings. The Kier molecular flexibility index (Phi) is 2.22. The number of H-pyrrole nitrogens is 1. The van der Waals surface area contributed by atoms with Gasteiger partial charge in [-0.25, -0.2) is 0 Å². The molecule has 1 heterocycles. The van der Waals surface area contributed by atoms with E-state index in [0.717, 1.165) is 45.6 Å². The van der Waals surface area contributed by atoms with Gasteiger partial charge < -0.3 is 4.98 Å². The van der Waals surface area contributed by atoms with E-state index in [-0.39, 0.29) is 5.92 Å². The quantitative estimate of drug-likeness (QED) is 0.830. The Labute approximate surface area is 114 Å². The summed E-state index contributed by atoms with van der Waals surface area (Å²) in [5, 5.41) is 1.04. The molecule has 0 aliphatic heterocycles. The smallest absolute Gasteiger partial charge is 0.168 e. The molecule has 2 atom stereocenters. The second kappa shape index (κ2) is 3.70. The average molecular weight is 304 g/mol. The van der Waals surface area contributed by atoms with E-state index in [1.807, 2.05) is 24.4 Å². The molecule has 1 N–H and O–H groups in total. The zero-order valence-electron chi connectivity index (χ0n) is 9.95. The predicted octanol–water partition coefficient (Wildman–Crippen LogP) is 4.16. The number of carbonyl (C=O) groups excluding carboxylic acids is 1. The highest BCUT2D eigenvalue weighted by molar-refractivity contribution is 9.10. The maximum absolute atomic E-state index is 12.6. The molecular weight excluding hydrogens is 290 g/mol. The molecule has 1 aromatic heterocycles. The van der Waals surface area contributed by atoms with Crippen LogP contribution in [0.3, 0.4) is 0 Å². The van der Waals surface area contributed by atoms with E-state index in [0.29, 0.717) is 5.78 Å². The normalized spacial score (nSPS) is 29.5. The third kappa shape index (κ3) is 1.50. The monoisotopic (exact) mass is 303 g/mol. The van der Waals surface area contributed by atoms with Crippen LogP contribution in [-0.2, 0) is 0 Å². The molecule has 92 valence electrons. The van der Waals surface area contributed by atoms with Gasteiger partial charge in [0.25, 0.3) is 0 Å². The van der Waals surface area contributed by atoms with Crippen molar-refractivity contribution in [2.45, 2.75) is 19.3 Å². The predicted molar refractivity (Wildman–Crippen MR) is 74.7 cm³/mol. The van der Waals surface area contributed by atoms with Crippen LogP contribution in [0.1, 0.15) is 29.6 Å². The molecule has 2 nitrogen and oxygen atoms in total. The van der Waals surface area contributed by atoms with E-state index < -0.39 is 0 Å². The maximum Gasteiger partial charge on any atom is 0.168 e. The van der Waals surface area contributed by atoms with Crippen LogP contribution >= 0.6 is 15.9 Å². The summed E-state index contributed by atoms with van der Waals surface area (Å²) in [5.41, 5.74) is 1.90. The fourth-order valence-electron chi connectivity index (χ4n) is 3.48. The van der Waals surface area contributed by atoms with E-state index in [4.69, 9.17) is 0 Å². The first-order valence-corrected chi connectivity index (χ1v) is 7.33. The molecule has 1 aromatic carbocycles. The van der Waals surface area contributed by atoms with Crippen LogP contribution < -0.4 is 0 Å². The Balaban J connectivity index is 1.75. The van der Waals surface area contributed by atoms with Gasteiger partial charge in [-0.1, -0.05) is 22.0 Å². The van der Waals surface area contributed by atoms with E-state index in [1.54, 1.807) is 0 Å². The Morgan fingerprint density at radius 2 is 2.00 bits per heavy atom. The van der Waals surface area contributed by atoms with Crippen molar-refractivity contribution in [1.29, 1.82) is 0 Å². The van der Waals surface area contributed by atoms with E-state index in [2.05, 4.69) is 20.9 Å². The van der Waals surface area contributed by atoms with Crippen molar-refractivity contribution in [2.75, 3.05) is 0 Å². The maximum atomic E-state index is 12.6. The standard InChI is InChI=1S/C15H14BrNO/c16-12-2-1-3-13-14(12)11(7-17-13)15(18)10-5-8-4-9(8)6-10/h1-3,7-10,17H,4-6H2. The first-order chi connectivity index (χ1) is 8.74. The number of carbonyl (C=O) groups is 1. The summed E-state index contributed by atoms with van der Waals surface area (Å²) in [6.45, 7) is 0. The van der Waals surface area contributed by atoms with Crippen molar-refractivity contribution < 1.29 is 4.79 Å². The number of nitrogens with one attached hydrogen (secondary N) is 1. The first-order valence-electron chi connectivity index (χ1n) is 6.54. The molecule has 0 spiro atoms. The van der Waals surface area contributed by atoms with Gasteiger partial charge >= 0.3 is 0 Å². The molecule has 2 unspecified atom stereocenters. The fourth-order valence-corrected chi connectivity index (χ4v) is 4.06. The van der Waals surface area contributed by atoms with Gasteiger partial charge in [0.1, 0.15) is 0 Å². The van der Waals surface area contributed by atoms with Crippen molar-refractivity contribution >= 4 is 32.6 Å². The molecule has 2 saturated carbocycles. The van der Waals surface area contributed by atoms with Crippen LogP contribution in [0.4, 0.5) is 0 Å². The molecule has 3 heteroatoms. The van der Waals surface area contributed by atoms with Crippen LogP contribution in [0.15, 0.2) is 28.9 Å². The number of halogens is 1. The number of ketones is 1. The van der Waals surface area contributed by atoms with Crippen LogP contribution in [0.25, 0.3) is 10.9 Å². The lowest BCUT2D eigenvalue weighted by atomic mass is 9.93. The fraction of sp³-hybridized carbons (Fsp3) is 0.400. The first kappa shape index (κ1) is 10.8. The second-order valence-electron chi connectivity index (χ2n) is 5.65. The Bertz CT molecular complexity index is 635. The van der Waals surface area contributed by atoms with Gasteiger partial charge in [-0.05, 0) is 43.2 Å². The molecule has 0 bridgehead atoms. The highest BCUT2D eigenvalue weighted by Crippen LogP contribution is 2.55.